The fraction of sp³-hybridized carbons (Fsp3) is 0.444. The Hall–Kier alpha value is -1.43. The van der Waals surface area contributed by atoms with Crippen molar-refractivity contribution in [1.29, 1.82) is 0 Å². The second kappa shape index (κ2) is 9.16. The number of amides is 1. The Labute approximate surface area is 153 Å². The van der Waals surface area contributed by atoms with E-state index in [4.69, 9.17) is 0 Å². The molecule has 1 amide bonds. The van der Waals surface area contributed by atoms with Crippen LogP contribution in [-0.2, 0) is 0 Å². The van der Waals surface area contributed by atoms with Gasteiger partial charge in [0.1, 0.15) is 4.88 Å². The molecule has 0 spiro atoms. The van der Waals surface area contributed by atoms with Crippen LogP contribution in [0.4, 0.5) is 0 Å². The summed E-state index contributed by atoms with van der Waals surface area (Å²) in [4.78, 5) is 15.4. The SMILES string of the molecule is CNCCC1CCN(C(=O)c2cc(-c3ccccc3)ns2)CC1.Cl. The third-order valence-corrected chi connectivity index (χ3v) is 5.27. The van der Waals surface area contributed by atoms with Gasteiger partial charge in [-0.05, 0) is 56.4 Å². The fourth-order valence-electron chi connectivity index (χ4n) is 3.05. The monoisotopic (exact) mass is 365 g/mol. The molecular weight excluding hydrogens is 342 g/mol. The molecule has 1 aromatic carbocycles. The summed E-state index contributed by atoms with van der Waals surface area (Å²) in [7, 11) is 1.99. The highest BCUT2D eigenvalue weighted by molar-refractivity contribution is 7.08. The molecule has 1 saturated heterocycles. The number of carbonyl (C=O) groups is 1. The van der Waals surface area contributed by atoms with E-state index in [-0.39, 0.29) is 18.3 Å². The van der Waals surface area contributed by atoms with Crippen LogP contribution in [0.25, 0.3) is 11.3 Å². The first-order chi connectivity index (χ1) is 11.3. The van der Waals surface area contributed by atoms with Crippen molar-refractivity contribution in [1.82, 2.24) is 14.6 Å². The quantitative estimate of drug-likeness (QED) is 0.878. The van der Waals surface area contributed by atoms with Crippen molar-refractivity contribution in [2.24, 2.45) is 5.92 Å². The Morgan fingerprint density at radius 1 is 1.29 bits per heavy atom. The summed E-state index contributed by atoms with van der Waals surface area (Å²) in [6, 6.07) is 11.9. The summed E-state index contributed by atoms with van der Waals surface area (Å²) in [5.74, 6) is 0.879. The topological polar surface area (TPSA) is 45.2 Å². The summed E-state index contributed by atoms with van der Waals surface area (Å²) in [5, 5.41) is 3.21. The molecule has 4 nitrogen and oxygen atoms in total. The van der Waals surface area contributed by atoms with E-state index in [1.54, 1.807) is 0 Å². The first-order valence-corrected chi connectivity index (χ1v) is 9.01. The van der Waals surface area contributed by atoms with Crippen molar-refractivity contribution in [2.45, 2.75) is 19.3 Å². The Bertz CT molecular complexity index is 639. The largest absolute Gasteiger partial charge is 0.338 e. The van der Waals surface area contributed by atoms with Crippen LogP contribution in [0.1, 0.15) is 28.9 Å². The number of benzene rings is 1. The zero-order chi connectivity index (χ0) is 16.1. The molecule has 130 valence electrons. The van der Waals surface area contributed by atoms with Crippen LogP contribution in [0.2, 0.25) is 0 Å². The molecule has 2 aromatic rings. The third kappa shape index (κ3) is 4.56. The number of halogens is 1. The lowest BCUT2D eigenvalue weighted by Gasteiger charge is -2.31. The molecule has 0 radical (unpaired) electrons. The van der Waals surface area contributed by atoms with E-state index in [9.17, 15) is 4.79 Å². The van der Waals surface area contributed by atoms with Crippen molar-refractivity contribution >= 4 is 29.8 Å². The molecule has 0 unspecified atom stereocenters. The van der Waals surface area contributed by atoms with E-state index in [0.717, 1.165) is 54.5 Å². The van der Waals surface area contributed by atoms with Gasteiger partial charge in [0.2, 0.25) is 0 Å². The minimum atomic E-state index is 0. The van der Waals surface area contributed by atoms with Gasteiger partial charge in [-0.3, -0.25) is 4.79 Å². The molecule has 0 bridgehead atoms. The van der Waals surface area contributed by atoms with Gasteiger partial charge in [-0.15, -0.1) is 12.4 Å². The maximum atomic E-state index is 12.6. The van der Waals surface area contributed by atoms with Gasteiger partial charge in [0, 0.05) is 18.7 Å². The summed E-state index contributed by atoms with van der Waals surface area (Å²) < 4.78 is 4.44. The lowest BCUT2D eigenvalue weighted by molar-refractivity contribution is 0.0692. The maximum absolute atomic E-state index is 12.6. The van der Waals surface area contributed by atoms with E-state index in [0.29, 0.717) is 0 Å². The van der Waals surface area contributed by atoms with Crippen molar-refractivity contribution in [3.8, 4) is 11.3 Å². The highest BCUT2D eigenvalue weighted by atomic mass is 35.5. The number of likely N-dealkylation sites (tertiary alicyclic amines) is 1. The fourth-order valence-corrected chi connectivity index (χ4v) is 3.78. The van der Waals surface area contributed by atoms with E-state index in [1.165, 1.54) is 18.0 Å². The average molecular weight is 366 g/mol. The molecular formula is C18H24ClN3OS. The van der Waals surface area contributed by atoms with Crippen molar-refractivity contribution in [3.05, 3.63) is 41.3 Å². The Morgan fingerprint density at radius 3 is 2.67 bits per heavy atom. The Morgan fingerprint density at radius 2 is 2.00 bits per heavy atom. The van der Waals surface area contributed by atoms with Gasteiger partial charge in [0.25, 0.3) is 5.91 Å². The molecule has 0 saturated carbocycles. The predicted octanol–water partition coefficient (Wildman–Crippen LogP) is 3.69. The lowest BCUT2D eigenvalue weighted by Crippen LogP contribution is -2.38. The van der Waals surface area contributed by atoms with Gasteiger partial charge >= 0.3 is 0 Å². The molecule has 1 N–H and O–H groups in total. The molecule has 24 heavy (non-hydrogen) atoms. The van der Waals surface area contributed by atoms with E-state index in [1.807, 2.05) is 48.3 Å². The van der Waals surface area contributed by atoms with Gasteiger partial charge in [-0.2, -0.15) is 4.37 Å². The summed E-state index contributed by atoms with van der Waals surface area (Å²) in [6.07, 6.45) is 3.42. The van der Waals surface area contributed by atoms with Crippen LogP contribution in [0.15, 0.2) is 36.4 Å². The molecule has 0 atom stereocenters. The number of rotatable bonds is 5. The number of aromatic nitrogens is 1. The first kappa shape index (κ1) is 18.9. The van der Waals surface area contributed by atoms with Crippen molar-refractivity contribution in [3.63, 3.8) is 0 Å². The highest BCUT2D eigenvalue weighted by Crippen LogP contribution is 2.25. The molecule has 1 aromatic heterocycles. The number of nitrogens with one attached hydrogen (secondary N) is 1. The average Bonchev–Trinajstić information content (AvgIpc) is 3.11. The smallest absolute Gasteiger partial charge is 0.265 e. The van der Waals surface area contributed by atoms with Crippen LogP contribution in [-0.4, -0.2) is 41.9 Å². The van der Waals surface area contributed by atoms with Gasteiger partial charge in [-0.1, -0.05) is 30.3 Å². The molecule has 6 heteroatoms. The van der Waals surface area contributed by atoms with Crippen molar-refractivity contribution in [2.75, 3.05) is 26.7 Å². The normalized spacial score (nSPS) is 15.1. The second-order valence-corrected chi connectivity index (χ2v) is 6.88. The van der Waals surface area contributed by atoms with Crippen LogP contribution in [0, 0.1) is 5.92 Å². The van der Waals surface area contributed by atoms with E-state index in [2.05, 4.69) is 9.69 Å². The summed E-state index contributed by atoms with van der Waals surface area (Å²) >= 11 is 1.31. The van der Waals surface area contributed by atoms with E-state index >= 15 is 0 Å². The summed E-state index contributed by atoms with van der Waals surface area (Å²) in [5.41, 5.74) is 1.96. The third-order valence-electron chi connectivity index (χ3n) is 4.49. The number of carbonyl (C=O) groups excluding carboxylic acids is 1. The molecule has 1 aliphatic heterocycles. The van der Waals surface area contributed by atoms with Gasteiger partial charge < -0.3 is 10.2 Å². The highest BCUT2D eigenvalue weighted by Gasteiger charge is 2.24. The van der Waals surface area contributed by atoms with Crippen LogP contribution >= 0.6 is 23.9 Å². The zero-order valence-electron chi connectivity index (χ0n) is 13.9. The lowest BCUT2D eigenvalue weighted by atomic mass is 9.93. The molecule has 0 aliphatic carbocycles. The predicted molar refractivity (Wildman–Crippen MR) is 102 cm³/mol. The van der Waals surface area contributed by atoms with Crippen molar-refractivity contribution < 1.29 is 4.79 Å². The van der Waals surface area contributed by atoms with Gasteiger partial charge in [0.15, 0.2) is 0 Å². The summed E-state index contributed by atoms with van der Waals surface area (Å²) in [6.45, 7) is 2.80. The van der Waals surface area contributed by atoms with Gasteiger partial charge in [-0.25, -0.2) is 0 Å². The molecule has 3 rings (SSSR count). The Kier molecular flexibility index (Phi) is 7.21. The van der Waals surface area contributed by atoms with Crippen LogP contribution in [0.3, 0.4) is 0 Å². The Balaban J connectivity index is 0.00000208. The second-order valence-electron chi connectivity index (χ2n) is 6.07. The van der Waals surface area contributed by atoms with Gasteiger partial charge in [0.05, 0.1) is 5.69 Å². The molecule has 2 heterocycles. The number of piperidine rings is 1. The minimum Gasteiger partial charge on any atom is -0.338 e. The van der Waals surface area contributed by atoms with E-state index < -0.39 is 0 Å². The van der Waals surface area contributed by atoms with Crippen LogP contribution < -0.4 is 5.32 Å². The maximum Gasteiger partial charge on any atom is 0.265 e. The standard InChI is InChI=1S/C18H23N3OS.ClH/c1-19-10-7-14-8-11-21(12-9-14)18(22)17-13-16(20-23-17)15-5-3-2-4-6-15;/h2-6,13-14,19H,7-12H2,1H3;1H. The number of hydrogen-bond donors (Lipinski definition) is 1. The minimum absolute atomic E-state index is 0. The number of nitrogens with zero attached hydrogens (tertiary/aromatic N) is 2. The molecule has 1 aliphatic rings. The number of hydrogen-bond acceptors (Lipinski definition) is 4. The molecule has 1 fully saturated rings. The zero-order valence-corrected chi connectivity index (χ0v) is 15.5. The van der Waals surface area contributed by atoms with Crippen LogP contribution in [0.5, 0.6) is 0 Å². The first-order valence-electron chi connectivity index (χ1n) is 8.24.